The van der Waals surface area contributed by atoms with Crippen molar-refractivity contribution in [2.24, 2.45) is 0 Å². The fraction of sp³-hybridized carbons (Fsp3) is 0.526. The highest BCUT2D eigenvalue weighted by Crippen LogP contribution is 2.69. The predicted molar refractivity (Wildman–Crippen MR) is 94.2 cm³/mol. The molecule has 1 saturated heterocycles. The number of alkyl halides is 1. The second kappa shape index (κ2) is 4.25. The molecule has 1 fully saturated rings. The van der Waals surface area contributed by atoms with Gasteiger partial charge in [0.15, 0.2) is 22.9 Å². The molecule has 5 rings (SSSR count). The van der Waals surface area contributed by atoms with Gasteiger partial charge in [-0.3, -0.25) is 4.79 Å². The Morgan fingerprint density at radius 1 is 1.42 bits per heavy atom. The maximum absolute atomic E-state index is 13.0. The number of rotatable bonds is 1. The van der Waals surface area contributed by atoms with Crippen LogP contribution in [0.5, 0.6) is 11.5 Å². The van der Waals surface area contributed by atoms with E-state index >= 15 is 0 Å². The van der Waals surface area contributed by atoms with E-state index in [9.17, 15) is 4.79 Å². The van der Waals surface area contributed by atoms with Crippen molar-refractivity contribution >= 4 is 21.7 Å². The van der Waals surface area contributed by atoms with Gasteiger partial charge in [-0.25, -0.2) is 0 Å². The summed E-state index contributed by atoms with van der Waals surface area (Å²) in [5.74, 6) is 1.53. The fourth-order valence-electron chi connectivity index (χ4n) is 5.63. The van der Waals surface area contributed by atoms with Crippen molar-refractivity contribution < 1.29 is 14.3 Å². The van der Waals surface area contributed by atoms with Crippen LogP contribution in [0.4, 0.5) is 0 Å². The molecule has 1 spiro atoms. The van der Waals surface area contributed by atoms with Crippen LogP contribution < -0.4 is 9.47 Å². The van der Waals surface area contributed by atoms with Crippen LogP contribution in [0.1, 0.15) is 24.5 Å². The van der Waals surface area contributed by atoms with Crippen LogP contribution in [-0.4, -0.2) is 47.4 Å². The van der Waals surface area contributed by atoms with E-state index in [1.807, 2.05) is 13.0 Å². The highest BCUT2D eigenvalue weighted by Gasteiger charge is 2.76. The minimum atomic E-state index is -0.892. The normalized spacial score (nSPS) is 41.8. The molecule has 126 valence electrons. The average molecular weight is 390 g/mol. The van der Waals surface area contributed by atoms with E-state index in [1.165, 1.54) is 11.1 Å². The van der Waals surface area contributed by atoms with E-state index in [-0.39, 0.29) is 15.5 Å². The number of nitrogens with zero attached hydrogens (tertiary/aromatic N) is 1. The van der Waals surface area contributed by atoms with Crippen LogP contribution in [-0.2, 0) is 16.6 Å². The lowest BCUT2D eigenvalue weighted by molar-refractivity contribution is -0.138. The molecule has 24 heavy (non-hydrogen) atoms. The summed E-state index contributed by atoms with van der Waals surface area (Å²) in [7, 11) is 3.83. The van der Waals surface area contributed by atoms with Crippen molar-refractivity contribution in [3.63, 3.8) is 0 Å². The Morgan fingerprint density at radius 3 is 2.96 bits per heavy atom. The van der Waals surface area contributed by atoms with Crippen molar-refractivity contribution in [3.05, 3.63) is 35.4 Å². The Hall–Kier alpha value is -1.33. The molecule has 4 nitrogen and oxygen atoms in total. The molecule has 2 aliphatic carbocycles. The maximum Gasteiger partial charge on any atom is 0.199 e. The van der Waals surface area contributed by atoms with Crippen molar-refractivity contribution in [3.8, 4) is 11.5 Å². The number of carbonyl (C=O) groups excluding carboxylic acids is 1. The average Bonchev–Trinajstić information content (AvgIpc) is 2.84. The first kappa shape index (κ1) is 15.0. The molecule has 2 heterocycles. The quantitative estimate of drug-likeness (QED) is 0.692. The third kappa shape index (κ3) is 1.29. The van der Waals surface area contributed by atoms with Gasteiger partial charge < -0.3 is 14.4 Å². The van der Waals surface area contributed by atoms with Gasteiger partial charge in [-0.2, -0.15) is 0 Å². The lowest BCUT2D eigenvalue weighted by atomic mass is 9.49. The van der Waals surface area contributed by atoms with Crippen LogP contribution in [0.25, 0.3) is 0 Å². The predicted octanol–water partition coefficient (Wildman–Crippen LogP) is 2.62. The van der Waals surface area contributed by atoms with Gasteiger partial charge in [-0.05, 0) is 51.1 Å². The lowest BCUT2D eigenvalue weighted by Gasteiger charge is -2.62. The Balaban J connectivity index is 1.93. The van der Waals surface area contributed by atoms with Crippen LogP contribution in [0.15, 0.2) is 24.3 Å². The summed E-state index contributed by atoms with van der Waals surface area (Å²) in [5.41, 5.74) is 1.18. The van der Waals surface area contributed by atoms with E-state index in [0.717, 1.165) is 30.9 Å². The number of hydrogen-bond donors (Lipinski definition) is 0. The van der Waals surface area contributed by atoms with Gasteiger partial charge in [0, 0.05) is 11.6 Å². The Bertz CT molecular complexity index is 821. The smallest absolute Gasteiger partial charge is 0.199 e. The number of benzene rings is 1. The highest BCUT2D eigenvalue weighted by molar-refractivity contribution is 9.10. The number of hydrogen-bond acceptors (Lipinski definition) is 4. The molecule has 4 aliphatic rings. The third-order valence-corrected chi connectivity index (χ3v) is 8.32. The summed E-state index contributed by atoms with van der Waals surface area (Å²) >= 11 is 4.10. The number of likely N-dealkylation sites (N-methyl/N-ethyl adjacent to an activating group) is 1. The zero-order valence-electron chi connectivity index (χ0n) is 14.1. The molecular formula is C19H20BrNO3. The van der Waals surface area contributed by atoms with Crippen LogP contribution in [0.3, 0.4) is 0 Å². The summed E-state index contributed by atoms with van der Waals surface area (Å²) in [4.78, 5) is 15.4. The van der Waals surface area contributed by atoms with Gasteiger partial charge in [-0.1, -0.05) is 28.1 Å². The first-order chi connectivity index (χ1) is 11.4. The molecule has 4 atom stereocenters. The zero-order valence-corrected chi connectivity index (χ0v) is 15.6. The maximum atomic E-state index is 13.0. The number of carbonyl (C=O) groups is 1. The largest absolute Gasteiger partial charge is 0.493 e. The van der Waals surface area contributed by atoms with Gasteiger partial charge in [0.05, 0.1) is 16.8 Å². The van der Waals surface area contributed by atoms with E-state index < -0.39 is 5.60 Å². The summed E-state index contributed by atoms with van der Waals surface area (Å²) < 4.78 is 11.7. The van der Waals surface area contributed by atoms with Crippen LogP contribution in [0, 0.1) is 0 Å². The van der Waals surface area contributed by atoms with E-state index in [0.29, 0.717) is 6.04 Å². The van der Waals surface area contributed by atoms with Crippen molar-refractivity contribution in [2.45, 2.75) is 41.1 Å². The molecule has 2 bridgehead atoms. The third-order valence-electron chi connectivity index (χ3n) is 6.85. The number of methoxy groups -OCH3 is 1. The molecule has 0 aromatic heterocycles. The lowest BCUT2D eigenvalue weighted by Crippen LogP contribution is -2.75. The Kier molecular flexibility index (Phi) is 2.65. The zero-order chi connectivity index (χ0) is 16.9. The number of piperidine rings is 1. The second-order valence-corrected chi connectivity index (χ2v) is 8.90. The Labute approximate surface area is 149 Å². The molecule has 0 saturated carbocycles. The number of ether oxygens (including phenoxy) is 2. The summed E-state index contributed by atoms with van der Waals surface area (Å²) in [6.07, 6.45) is 5.61. The highest BCUT2D eigenvalue weighted by atomic mass is 79.9. The van der Waals surface area contributed by atoms with Gasteiger partial charge in [0.1, 0.15) is 0 Å². The number of ketones is 1. The topological polar surface area (TPSA) is 38.8 Å². The van der Waals surface area contributed by atoms with Crippen LogP contribution >= 0.6 is 15.9 Å². The van der Waals surface area contributed by atoms with Gasteiger partial charge in [-0.15, -0.1) is 0 Å². The van der Waals surface area contributed by atoms with Crippen LogP contribution in [0.2, 0.25) is 0 Å². The molecule has 1 aromatic rings. The van der Waals surface area contributed by atoms with Crippen molar-refractivity contribution in [1.82, 2.24) is 4.90 Å². The molecule has 5 heteroatoms. The molecular weight excluding hydrogens is 370 g/mol. The SMILES string of the molecule is COc1ccc2c3c1O[C@]1(C)C(=O)C=C[C@]4(Br)[C@@H](C2)N(C)CC[C@]314. The monoisotopic (exact) mass is 389 g/mol. The van der Waals surface area contributed by atoms with Gasteiger partial charge in [0.25, 0.3) is 0 Å². The number of likely N-dealkylation sites (tertiary alicyclic amines) is 1. The Morgan fingerprint density at radius 2 is 2.21 bits per heavy atom. The second-order valence-electron chi connectivity index (χ2n) is 7.59. The molecule has 0 N–H and O–H groups in total. The molecule has 1 aromatic carbocycles. The molecule has 0 unspecified atom stereocenters. The summed E-state index contributed by atoms with van der Waals surface area (Å²) in [6, 6.07) is 4.42. The molecule has 0 radical (unpaired) electrons. The molecule has 2 aliphatic heterocycles. The molecule has 0 amide bonds. The first-order valence-corrected chi connectivity index (χ1v) is 9.20. The first-order valence-electron chi connectivity index (χ1n) is 8.41. The van der Waals surface area contributed by atoms with Crippen molar-refractivity contribution in [1.29, 1.82) is 0 Å². The van der Waals surface area contributed by atoms with Crippen molar-refractivity contribution in [2.75, 3.05) is 20.7 Å². The fourth-order valence-corrected chi connectivity index (χ4v) is 7.05. The minimum Gasteiger partial charge on any atom is -0.493 e. The van der Waals surface area contributed by atoms with Gasteiger partial charge >= 0.3 is 0 Å². The standard InChI is InChI=1S/C19H20BrNO3/c1-17-14(22)6-7-19(20)13-10-11-4-5-12(23-3)16(24-17)15(11)18(17,19)8-9-21(13)2/h4-7,13H,8-10H2,1-3H3/t13-,17-,18+,19+/m1/s1. The van der Waals surface area contributed by atoms with Gasteiger partial charge in [0.2, 0.25) is 0 Å². The van der Waals surface area contributed by atoms with E-state index in [1.54, 1.807) is 13.2 Å². The summed E-state index contributed by atoms with van der Waals surface area (Å²) in [6.45, 7) is 2.92. The van der Waals surface area contributed by atoms with E-state index in [2.05, 4.69) is 40.0 Å². The van der Waals surface area contributed by atoms with E-state index in [4.69, 9.17) is 9.47 Å². The minimum absolute atomic E-state index is 0.0481. The number of halogens is 1. The summed E-state index contributed by atoms with van der Waals surface area (Å²) in [5, 5.41) is 0.